The van der Waals surface area contributed by atoms with Gasteiger partial charge < -0.3 is 104 Å². The lowest BCUT2D eigenvalue weighted by Gasteiger charge is -2.50. The maximum Gasteiger partial charge on any atom is 0.305 e. The number of esters is 1. The summed E-state index contributed by atoms with van der Waals surface area (Å²) < 4.78 is 43.8. The van der Waals surface area contributed by atoms with Crippen LogP contribution in [0.2, 0.25) is 0 Å². The molecule has 4 fully saturated rings. The second-order valence-corrected chi connectivity index (χ2v) is 12.5. The van der Waals surface area contributed by atoms with Gasteiger partial charge in [0, 0.05) is 13.8 Å². The molecule has 0 aromatic rings. The molecule has 4 aliphatic rings. The Hall–Kier alpha value is -1.82. The first kappa shape index (κ1) is 41.9. The van der Waals surface area contributed by atoms with Crippen molar-refractivity contribution in [1.29, 1.82) is 0 Å². The van der Waals surface area contributed by atoms with E-state index in [2.05, 4.69) is 5.32 Å². The number of hydrogen-bond acceptors (Lipinski definition) is 22. The van der Waals surface area contributed by atoms with Gasteiger partial charge in [-0.2, -0.15) is 0 Å². The number of aliphatic hydroxyl groups excluding tert-OH is 12. The Labute approximate surface area is 289 Å². The molecule has 0 bridgehead atoms. The molecule has 1 amide bonds. The molecular formula is C28H47NO22. The lowest BCUT2D eigenvalue weighted by atomic mass is 9.94. The summed E-state index contributed by atoms with van der Waals surface area (Å²) in [5.74, 6) is -1.64. The largest absolute Gasteiger partial charge is 0.433 e. The zero-order valence-electron chi connectivity index (χ0n) is 27.3. The number of rotatable bonds is 12. The van der Waals surface area contributed by atoms with Gasteiger partial charge in [0.25, 0.3) is 0 Å². The fourth-order valence-electron chi connectivity index (χ4n) is 6.19. The van der Waals surface area contributed by atoms with Crippen LogP contribution in [0.15, 0.2) is 0 Å². The third-order valence-electron chi connectivity index (χ3n) is 8.87. The first-order valence-corrected chi connectivity index (χ1v) is 16.0. The molecule has 0 unspecified atom stereocenters. The minimum atomic E-state index is -2.05. The highest BCUT2D eigenvalue weighted by molar-refractivity contribution is 5.73. The van der Waals surface area contributed by atoms with Gasteiger partial charge in [-0.25, -0.2) is 0 Å². The monoisotopic (exact) mass is 749 g/mol. The minimum Gasteiger partial charge on any atom is -0.433 e. The maximum atomic E-state index is 12.2. The average molecular weight is 750 g/mol. The van der Waals surface area contributed by atoms with Crippen LogP contribution in [-0.4, -0.2) is 222 Å². The Morgan fingerprint density at radius 3 is 1.43 bits per heavy atom. The van der Waals surface area contributed by atoms with Crippen LogP contribution in [0.25, 0.3) is 0 Å². The highest BCUT2D eigenvalue weighted by atomic mass is 16.8. The molecule has 0 spiro atoms. The second-order valence-electron chi connectivity index (χ2n) is 12.5. The minimum absolute atomic E-state index is 0.764. The number of carbonyl (C=O) groups excluding carboxylic acids is 2. The molecule has 296 valence electrons. The van der Waals surface area contributed by atoms with Crippen molar-refractivity contribution in [2.75, 3.05) is 26.4 Å². The molecule has 4 rings (SSSR count). The second kappa shape index (κ2) is 18.0. The molecule has 23 heteroatoms. The first-order chi connectivity index (χ1) is 24.1. The van der Waals surface area contributed by atoms with Crippen molar-refractivity contribution >= 4 is 11.9 Å². The quantitative estimate of drug-likeness (QED) is 0.0824. The molecule has 51 heavy (non-hydrogen) atoms. The average Bonchev–Trinajstić information content (AvgIpc) is 3.09. The summed E-state index contributed by atoms with van der Waals surface area (Å²) in [5.41, 5.74) is 0. The van der Waals surface area contributed by atoms with Gasteiger partial charge in [0.2, 0.25) is 12.2 Å². The van der Waals surface area contributed by atoms with Gasteiger partial charge in [-0.05, 0) is 0 Å². The zero-order chi connectivity index (χ0) is 37.9. The number of carbonyl (C=O) groups is 2. The Bertz CT molecular complexity index is 1130. The number of ether oxygens (including phenoxy) is 8. The highest BCUT2D eigenvalue weighted by Crippen LogP contribution is 2.34. The summed E-state index contributed by atoms with van der Waals surface area (Å²) in [6, 6.07) is -1.63. The molecule has 4 saturated heterocycles. The van der Waals surface area contributed by atoms with Crippen molar-refractivity contribution in [2.45, 2.75) is 137 Å². The molecule has 0 aromatic carbocycles. The number of aliphatic hydroxyl groups is 12. The Morgan fingerprint density at radius 2 is 0.922 bits per heavy atom. The Balaban J connectivity index is 1.55. The van der Waals surface area contributed by atoms with Crippen molar-refractivity contribution in [1.82, 2.24) is 5.32 Å². The lowest BCUT2D eigenvalue weighted by molar-refractivity contribution is -0.380. The lowest BCUT2D eigenvalue weighted by Crippen LogP contribution is -2.69. The van der Waals surface area contributed by atoms with E-state index < -0.39 is 161 Å². The molecule has 0 saturated carbocycles. The van der Waals surface area contributed by atoms with Crippen LogP contribution in [0.3, 0.4) is 0 Å². The van der Waals surface area contributed by atoms with Crippen molar-refractivity contribution < 1.29 is 109 Å². The van der Waals surface area contributed by atoms with Crippen molar-refractivity contribution in [3.8, 4) is 0 Å². The van der Waals surface area contributed by atoms with E-state index in [1.54, 1.807) is 0 Å². The van der Waals surface area contributed by atoms with Crippen LogP contribution in [0.1, 0.15) is 13.8 Å². The SMILES string of the molecule is CC(=O)N[C@H]1[C@H](O[C@H]2[C@@H](O)[C@@H](CO)O[C@@H](O[C@H]3[C@H](O)[C@@H](O)[C@H](OC(C)=O)O[C@@H]3CO)[C@@H]2O)O[C@H](CO)[C@@H](O[C@@H]2O[C@H](CO)[C@H](O)[C@H](O)[C@H]2O)[C@@H]1O. The third kappa shape index (κ3) is 9.11. The summed E-state index contributed by atoms with van der Waals surface area (Å²) >= 11 is 0. The first-order valence-electron chi connectivity index (χ1n) is 16.0. The zero-order valence-corrected chi connectivity index (χ0v) is 27.3. The van der Waals surface area contributed by atoms with E-state index in [1.165, 1.54) is 0 Å². The van der Waals surface area contributed by atoms with E-state index in [-0.39, 0.29) is 0 Å². The summed E-state index contributed by atoms with van der Waals surface area (Å²) in [6.07, 6.45) is -33.6. The third-order valence-corrected chi connectivity index (χ3v) is 8.87. The van der Waals surface area contributed by atoms with E-state index in [0.717, 1.165) is 13.8 Å². The van der Waals surface area contributed by atoms with Crippen molar-refractivity contribution in [3.05, 3.63) is 0 Å². The number of hydrogen-bond donors (Lipinski definition) is 13. The van der Waals surface area contributed by atoms with E-state index in [9.17, 15) is 70.9 Å². The Morgan fingerprint density at radius 1 is 0.490 bits per heavy atom. The fraction of sp³-hybridized carbons (Fsp3) is 0.929. The molecular weight excluding hydrogens is 702 g/mol. The van der Waals surface area contributed by atoms with Gasteiger partial charge in [0.05, 0.1) is 26.4 Å². The normalized spacial score (nSPS) is 47.8. The predicted molar refractivity (Wildman–Crippen MR) is 155 cm³/mol. The Kier molecular flexibility index (Phi) is 14.8. The molecule has 23 nitrogen and oxygen atoms in total. The molecule has 4 aliphatic heterocycles. The fourth-order valence-corrected chi connectivity index (χ4v) is 6.19. The van der Waals surface area contributed by atoms with Crippen LogP contribution >= 0.6 is 0 Å². The van der Waals surface area contributed by atoms with E-state index in [1.807, 2.05) is 0 Å². The van der Waals surface area contributed by atoms with Crippen molar-refractivity contribution in [2.24, 2.45) is 0 Å². The predicted octanol–water partition coefficient (Wildman–Crippen LogP) is -9.03. The van der Waals surface area contributed by atoms with Crippen LogP contribution in [0.5, 0.6) is 0 Å². The van der Waals surface area contributed by atoms with E-state index >= 15 is 0 Å². The molecule has 13 N–H and O–H groups in total. The molecule has 20 atom stereocenters. The van der Waals surface area contributed by atoms with Gasteiger partial charge in [0.1, 0.15) is 97.6 Å². The van der Waals surface area contributed by atoms with Gasteiger partial charge >= 0.3 is 5.97 Å². The summed E-state index contributed by atoms with van der Waals surface area (Å²) in [6.45, 7) is -1.44. The molecule has 0 aromatic heterocycles. The van der Waals surface area contributed by atoms with E-state index in [0.29, 0.717) is 0 Å². The van der Waals surface area contributed by atoms with E-state index in [4.69, 9.17) is 37.9 Å². The molecule has 4 heterocycles. The smallest absolute Gasteiger partial charge is 0.305 e. The van der Waals surface area contributed by atoms with Crippen LogP contribution in [0, 0.1) is 0 Å². The van der Waals surface area contributed by atoms with Crippen LogP contribution in [0.4, 0.5) is 0 Å². The van der Waals surface area contributed by atoms with Gasteiger partial charge in [-0.15, -0.1) is 0 Å². The van der Waals surface area contributed by atoms with Crippen LogP contribution < -0.4 is 5.32 Å². The number of nitrogens with one attached hydrogen (secondary N) is 1. The summed E-state index contributed by atoms with van der Waals surface area (Å²) in [5, 5.41) is 127. The van der Waals surface area contributed by atoms with Gasteiger partial charge in [0.15, 0.2) is 18.9 Å². The molecule has 0 radical (unpaired) electrons. The van der Waals surface area contributed by atoms with Gasteiger partial charge in [-0.3, -0.25) is 9.59 Å². The molecule has 0 aliphatic carbocycles. The standard InChI is InChI=1S/C28H47NO22/c1-7(34)29-13-16(38)22(49-27-19(41)17(39)14(36)9(3-30)45-27)11(5-32)47-25(13)51-24-15(37)10(4-31)46-28(21(24)43)50-23-12(6-33)48-26(44-8(2)35)20(42)18(23)40/h9-28,30-33,36-43H,3-6H2,1-2H3,(H,29,34)/t9-,10-,11-,12-,13-,14+,15+,16-,17+,18-,19-,20-,21-,22-,23-,24+,25+,26-,27+,28+/m1/s1. The number of amides is 1. The topological polar surface area (TPSA) is 363 Å². The van der Waals surface area contributed by atoms with Crippen molar-refractivity contribution in [3.63, 3.8) is 0 Å². The highest BCUT2D eigenvalue weighted by Gasteiger charge is 2.56. The summed E-state index contributed by atoms with van der Waals surface area (Å²) in [7, 11) is 0. The van der Waals surface area contributed by atoms with Gasteiger partial charge in [-0.1, -0.05) is 0 Å². The maximum absolute atomic E-state index is 12.2. The summed E-state index contributed by atoms with van der Waals surface area (Å²) in [4.78, 5) is 23.6. The van der Waals surface area contributed by atoms with Crippen LogP contribution in [-0.2, 0) is 47.5 Å².